The molecule has 0 saturated heterocycles. The highest BCUT2D eigenvalue weighted by Gasteiger charge is 2.11. The molecule has 0 heterocycles. The van der Waals surface area contributed by atoms with Gasteiger partial charge in [0, 0.05) is 19.3 Å². The fourth-order valence-corrected chi connectivity index (χ4v) is 1.57. The molecule has 1 atom stereocenters. The van der Waals surface area contributed by atoms with Crippen molar-refractivity contribution >= 4 is 34.9 Å². The van der Waals surface area contributed by atoms with Crippen LogP contribution < -0.4 is 5.32 Å². The van der Waals surface area contributed by atoms with Gasteiger partial charge in [-0.15, -0.1) is 0 Å². The molecule has 0 aliphatic rings. The number of hydrogen-bond acceptors (Lipinski definition) is 2. The summed E-state index contributed by atoms with van der Waals surface area (Å²) in [6.45, 7) is 1.87. The third-order valence-corrected chi connectivity index (χ3v) is 2.79. The minimum absolute atomic E-state index is 0.257. The number of aliphatic hydroxyl groups is 1. The molecule has 1 rings (SSSR count). The summed E-state index contributed by atoms with van der Waals surface area (Å²) in [5.41, 5.74) is 0.557. The normalized spacial score (nSPS) is 12.1. The predicted molar refractivity (Wildman–Crippen MR) is 69.8 cm³/mol. The van der Waals surface area contributed by atoms with Crippen molar-refractivity contribution in [2.45, 2.75) is 13.0 Å². The highest BCUT2D eigenvalue weighted by atomic mass is 35.5. The van der Waals surface area contributed by atoms with Gasteiger partial charge in [-0.1, -0.05) is 23.2 Å². The summed E-state index contributed by atoms with van der Waals surface area (Å²) < 4.78 is 0. The van der Waals surface area contributed by atoms with Gasteiger partial charge < -0.3 is 15.3 Å². The lowest BCUT2D eigenvalue weighted by Crippen LogP contribution is -2.36. The van der Waals surface area contributed by atoms with Crippen LogP contribution in [0.1, 0.15) is 6.92 Å². The molecule has 2 amide bonds. The third kappa shape index (κ3) is 4.42. The Labute approximate surface area is 110 Å². The first-order valence-electron chi connectivity index (χ1n) is 5.05. The first-order valence-corrected chi connectivity index (χ1v) is 5.81. The average molecular weight is 277 g/mol. The van der Waals surface area contributed by atoms with Crippen LogP contribution in [0.15, 0.2) is 18.2 Å². The zero-order chi connectivity index (χ0) is 13.0. The number of nitrogens with zero attached hydrogens (tertiary/aromatic N) is 1. The molecule has 0 fully saturated rings. The van der Waals surface area contributed by atoms with Crippen LogP contribution in [-0.2, 0) is 0 Å². The molecule has 1 aromatic carbocycles. The van der Waals surface area contributed by atoms with Crippen LogP contribution in [0, 0.1) is 0 Å². The van der Waals surface area contributed by atoms with Gasteiger partial charge in [0.05, 0.1) is 16.1 Å². The van der Waals surface area contributed by atoms with Crippen LogP contribution in [0.3, 0.4) is 0 Å². The summed E-state index contributed by atoms with van der Waals surface area (Å²) >= 11 is 11.6. The molecule has 0 aromatic heterocycles. The zero-order valence-corrected chi connectivity index (χ0v) is 11.1. The average Bonchev–Trinajstić information content (AvgIpc) is 2.22. The topological polar surface area (TPSA) is 52.6 Å². The van der Waals surface area contributed by atoms with Crippen molar-refractivity contribution < 1.29 is 9.90 Å². The largest absolute Gasteiger partial charge is 0.392 e. The Morgan fingerprint density at radius 3 is 2.65 bits per heavy atom. The van der Waals surface area contributed by atoms with Crippen molar-refractivity contribution in [1.82, 2.24) is 4.90 Å². The Morgan fingerprint density at radius 1 is 1.47 bits per heavy atom. The van der Waals surface area contributed by atoms with Crippen molar-refractivity contribution in [2.75, 3.05) is 18.9 Å². The Hall–Kier alpha value is -0.970. The summed E-state index contributed by atoms with van der Waals surface area (Å²) in [5.74, 6) is 0. The van der Waals surface area contributed by atoms with Gasteiger partial charge in [-0.2, -0.15) is 0 Å². The van der Waals surface area contributed by atoms with E-state index in [1.54, 1.807) is 32.2 Å². The van der Waals surface area contributed by atoms with Gasteiger partial charge in [0.25, 0.3) is 0 Å². The highest BCUT2D eigenvalue weighted by Crippen LogP contribution is 2.25. The zero-order valence-electron chi connectivity index (χ0n) is 9.58. The SMILES string of the molecule is C[C@@H](O)CN(C)C(=O)Nc1ccc(Cl)c(Cl)c1. The Kier molecular flexibility index (Phi) is 5.05. The lowest BCUT2D eigenvalue weighted by atomic mass is 10.3. The van der Waals surface area contributed by atoms with E-state index in [9.17, 15) is 4.79 Å². The molecule has 17 heavy (non-hydrogen) atoms. The number of urea groups is 1. The summed E-state index contributed by atoms with van der Waals surface area (Å²) in [6, 6.07) is 4.51. The van der Waals surface area contributed by atoms with Crippen molar-refractivity contribution in [3.63, 3.8) is 0 Å². The maximum atomic E-state index is 11.7. The van der Waals surface area contributed by atoms with E-state index in [0.29, 0.717) is 15.7 Å². The molecule has 0 unspecified atom stereocenters. The Bertz CT molecular complexity index is 410. The number of anilines is 1. The lowest BCUT2D eigenvalue weighted by Gasteiger charge is -2.19. The summed E-state index contributed by atoms with van der Waals surface area (Å²) in [6.07, 6.45) is -0.570. The number of benzene rings is 1. The number of carbonyl (C=O) groups is 1. The molecule has 1 aromatic rings. The highest BCUT2D eigenvalue weighted by molar-refractivity contribution is 6.42. The van der Waals surface area contributed by atoms with E-state index in [1.807, 2.05) is 0 Å². The van der Waals surface area contributed by atoms with Crippen LogP contribution >= 0.6 is 23.2 Å². The number of nitrogens with one attached hydrogen (secondary N) is 1. The molecule has 0 radical (unpaired) electrons. The number of amides is 2. The maximum Gasteiger partial charge on any atom is 0.321 e. The van der Waals surface area contributed by atoms with Crippen LogP contribution in [0.2, 0.25) is 10.0 Å². The maximum absolute atomic E-state index is 11.7. The minimum atomic E-state index is -0.570. The van der Waals surface area contributed by atoms with Gasteiger partial charge in [0.2, 0.25) is 0 Å². The standard InChI is InChI=1S/C11H14Cl2N2O2/c1-7(16)6-15(2)11(17)14-8-3-4-9(12)10(13)5-8/h3-5,7,16H,6H2,1-2H3,(H,14,17)/t7-/m1/s1. The minimum Gasteiger partial charge on any atom is -0.392 e. The van der Waals surface area contributed by atoms with Crippen molar-refractivity contribution in [2.24, 2.45) is 0 Å². The van der Waals surface area contributed by atoms with Gasteiger partial charge in [0.1, 0.15) is 0 Å². The smallest absolute Gasteiger partial charge is 0.321 e. The van der Waals surface area contributed by atoms with Gasteiger partial charge >= 0.3 is 6.03 Å². The first kappa shape index (κ1) is 14.1. The molecular formula is C11H14Cl2N2O2. The molecule has 0 aliphatic heterocycles. The van der Waals surface area contributed by atoms with E-state index in [4.69, 9.17) is 28.3 Å². The quantitative estimate of drug-likeness (QED) is 0.892. The van der Waals surface area contributed by atoms with E-state index in [2.05, 4.69) is 5.32 Å². The third-order valence-electron chi connectivity index (χ3n) is 2.06. The molecule has 0 saturated carbocycles. The van der Waals surface area contributed by atoms with Gasteiger partial charge in [-0.3, -0.25) is 0 Å². The second-order valence-corrected chi connectivity index (χ2v) is 4.60. The van der Waals surface area contributed by atoms with Crippen molar-refractivity contribution in [1.29, 1.82) is 0 Å². The first-order chi connectivity index (χ1) is 7.90. The molecular weight excluding hydrogens is 263 g/mol. The van der Waals surface area contributed by atoms with Crippen LogP contribution in [-0.4, -0.2) is 35.7 Å². The number of halogens is 2. The molecule has 2 N–H and O–H groups in total. The van der Waals surface area contributed by atoms with Crippen LogP contribution in [0.4, 0.5) is 10.5 Å². The number of hydrogen-bond donors (Lipinski definition) is 2. The lowest BCUT2D eigenvalue weighted by molar-refractivity contribution is 0.149. The molecule has 0 bridgehead atoms. The van der Waals surface area contributed by atoms with Crippen molar-refractivity contribution in [3.8, 4) is 0 Å². The predicted octanol–water partition coefficient (Wildman–Crippen LogP) is 2.84. The molecule has 6 heteroatoms. The van der Waals surface area contributed by atoms with Gasteiger partial charge in [-0.05, 0) is 25.1 Å². The van der Waals surface area contributed by atoms with E-state index in [-0.39, 0.29) is 12.6 Å². The fourth-order valence-electron chi connectivity index (χ4n) is 1.27. The Morgan fingerprint density at radius 2 is 2.12 bits per heavy atom. The molecule has 0 aliphatic carbocycles. The van der Waals surface area contributed by atoms with Gasteiger partial charge in [-0.25, -0.2) is 4.79 Å². The van der Waals surface area contributed by atoms with Crippen LogP contribution in [0.25, 0.3) is 0 Å². The van der Waals surface area contributed by atoms with E-state index >= 15 is 0 Å². The molecule has 0 spiro atoms. The summed E-state index contributed by atoms with van der Waals surface area (Å²) in [4.78, 5) is 13.1. The summed E-state index contributed by atoms with van der Waals surface area (Å²) in [5, 5.41) is 12.6. The monoisotopic (exact) mass is 276 g/mol. The summed E-state index contributed by atoms with van der Waals surface area (Å²) in [7, 11) is 1.60. The number of aliphatic hydroxyl groups excluding tert-OH is 1. The van der Waals surface area contributed by atoms with E-state index in [1.165, 1.54) is 4.90 Å². The number of rotatable bonds is 3. The van der Waals surface area contributed by atoms with E-state index in [0.717, 1.165) is 0 Å². The van der Waals surface area contributed by atoms with Crippen molar-refractivity contribution in [3.05, 3.63) is 28.2 Å². The fraction of sp³-hybridized carbons (Fsp3) is 0.364. The van der Waals surface area contributed by atoms with Crippen LogP contribution in [0.5, 0.6) is 0 Å². The van der Waals surface area contributed by atoms with Gasteiger partial charge in [0.15, 0.2) is 0 Å². The second-order valence-electron chi connectivity index (χ2n) is 3.79. The Balaban J connectivity index is 2.64. The second kappa shape index (κ2) is 6.10. The number of carbonyl (C=O) groups excluding carboxylic acids is 1. The van der Waals surface area contributed by atoms with E-state index < -0.39 is 6.10 Å². The molecule has 94 valence electrons. The number of likely N-dealkylation sites (N-methyl/N-ethyl adjacent to an activating group) is 1. The molecule has 4 nitrogen and oxygen atoms in total.